The van der Waals surface area contributed by atoms with Crippen LogP contribution in [0.15, 0.2) is 0 Å². The first-order valence-corrected chi connectivity index (χ1v) is 7.76. The summed E-state index contributed by atoms with van der Waals surface area (Å²) in [7, 11) is 0. The van der Waals surface area contributed by atoms with Crippen LogP contribution in [0.25, 0.3) is 0 Å². The predicted octanol–water partition coefficient (Wildman–Crippen LogP) is 1.87. The number of carbonyl (C=O) groups excluding carboxylic acids is 1. The second-order valence-corrected chi connectivity index (χ2v) is 5.79. The van der Waals surface area contributed by atoms with Crippen molar-refractivity contribution in [1.82, 2.24) is 10.2 Å². The number of nitrogens with zero attached hydrogens (tertiary/aromatic N) is 1. The molecule has 0 aliphatic carbocycles. The molecule has 0 aromatic heterocycles. The first-order valence-electron chi connectivity index (χ1n) is 7.76. The van der Waals surface area contributed by atoms with Crippen molar-refractivity contribution in [1.29, 1.82) is 0 Å². The van der Waals surface area contributed by atoms with E-state index in [1.807, 2.05) is 18.7 Å². The molecule has 1 aliphatic heterocycles. The minimum Gasteiger partial charge on any atom is -0.480 e. The fourth-order valence-electron chi connectivity index (χ4n) is 2.96. The number of likely N-dealkylation sites (tertiary alicyclic amines) is 1. The molecule has 1 amide bonds. The number of nitrogens with one attached hydrogen (secondary N) is 1. The van der Waals surface area contributed by atoms with Gasteiger partial charge in [0.15, 0.2) is 0 Å². The minimum absolute atomic E-state index is 0.0727. The van der Waals surface area contributed by atoms with Gasteiger partial charge in [-0.15, -0.1) is 0 Å². The van der Waals surface area contributed by atoms with Crippen LogP contribution in [-0.2, 0) is 9.59 Å². The Labute approximate surface area is 121 Å². The topological polar surface area (TPSA) is 69.6 Å². The number of carbonyl (C=O) groups is 2. The van der Waals surface area contributed by atoms with Crippen LogP contribution in [-0.4, -0.2) is 47.1 Å². The molecular weight excluding hydrogens is 256 g/mol. The van der Waals surface area contributed by atoms with Gasteiger partial charge in [-0.25, -0.2) is 0 Å². The van der Waals surface area contributed by atoms with E-state index in [1.54, 1.807) is 0 Å². The molecule has 0 aromatic carbocycles. The molecule has 1 fully saturated rings. The zero-order valence-corrected chi connectivity index (χ0v) is 12.9. The Kier molecular flexibility index (Phi) is 6.99. The fourth-order valence-corrected chi connectivity index (χ4v) is 2.96. The largest absolute Gasteiger partial charge is 0.480 e. The summed E-state index contributed by atoms with van der Waals surface area (Å²) in [6.07, 6.45) is 4.36. The summed E-state index contributed by atoms with van der Waals surface area (Å²) in [6.45, 7) is 7.35. The average molecular weight is 284 g/mol. The first kappa shape index (κ1) is 17.0. The molecule has 116 valence electrons. The summed E-state index contributed by atoms with van der Waals surface area (Å²) in [5.74, 6) is -0.778. The first-order chi connectivity index (χ1) is 9.49. The van der Waals surface area contributed by atoms with Gasteiger partial charge in [0, 0.05) is 12.6 Å². The molecule has 0 radical (unpaired) electrons. The van der Waals surface area contributed by atoms with Gasteiger partial charge in [-0.1, -0.05) is 20.3 Å². The molecule has 5 heteroatoms. The van der Waals surface area contributed by atoms with E-state index >= 15 is 0 Å². The Morgan fingerprint density at radius 3 is 2.65 bits per heavy atom. The normalized spacial score (nSPS) is 23.1. The van der Waals surface area contributed by atoms with Crippen molar-refractivity contribution in [3.8, 4) is 0 Å². The van der Waals surface area contributed by atoms with Crippen LogP contribution in [0.1, 0.15) is 52.9 Å². The van der Waals surface area contributed by atoms with Gasteiger partial charge < -0.3 is 10.4 Å². The fraction of sp³-hybridized carbons (Fsp3) is 0.867. The number of rotatable bonds is 7. The number of carboxylic acid groups (broad SMARTS) is 1. The van der Waals surface area contributed by atoms with Crippen LogP contribution in [0.2, 0.25) is 0 Å². The van der Waals surface area contributed by atoms with E-state index in [2.05, 4.69) is 12.2 Å². The molecule has 1 aliphatic rings. The highest BCUT2D eigenvalue weighted by Crippen LogP contribution is 2.20. The van der Waals surface area contributed by atoms with E-state index in [1.165, 1.54) is 0 Å². The van der Waals surface area contributed by atoms with Gasteiger partial charge in [0.25, 0.3) is 0 Å². The van der Waals surface area contributed by atoms with Crippen molar-refractivity contribution in [3.05, 3.63) is 0 Å². The van der Waals surface area contributed by atoms with Gasteiger partial charge in [-0.05, 0) is 39.2 Å². The van der Waals surface area contributed by atoms with Crippen molar-refractivity contribution in [2.45, 2.75) is 65.0 Å². The molecule has 3 atom stereocenters. The summed E-state index contributed by atoms with van der Waals surface area (Å²) < 4.78 is 0. The van der Waals surface area contributed by atoms with Gasteiger partial charge >= 0.3 is 5.97 Å². The average Bonchev–Trinajstić information content (AvgIpc) is 2.39. The highest BCUT2D eigenvalue weighted by Gasteiger charge is 2.32. The lowest BCUT2D eigenvalue weighted by Gasteiger charge is -2.35. The number of carboxylic acids is 1. The molecule has 0 spiro atoms. The Morgan fingerprint density at radius 2 is 2.10 bits per heavy atom. The van der Waals surface area contributed by atoms with Crippen LogP contribution in [0.3, 0.4) is 0 Å². The Morgan fingerprint density at radius 1 is 1.40 bits per heavy atom. The van der Waals surface area contributed by atoms with Gasteiger partial charge in [0.2, 0.25) is 5.91 Å². The maximum Gasteiger partial charge on any atom is 0.320 e. The van der Waals surface area contributed by atoms with Crippen LogP contribution in [0, 0.1) is 5.92 Å². The van der Waals surface area contributed by atoms with E-state index in [0.717, 1.165) is 32.2 Å². The van der Waals surface area contributed by atoms with Gasteiger partial charge in [-0.2, -0.15) is 0 Å². The zero-order chi connectivity index (χ0) is 15.1. The Hall–Kier alpha value is -1.10. The molecule has 1 rings (SSSR count). The standard InChI is InChI=1S/C15H28N2O3/c1-4-7-11(3)16-14(18)12-8-6-9-17(10-12)13(5-2)15(19)20/h11-13H,4-10H2,1-3H3,(H,16,18)(H,19,20). The van der Waals surface area contributed by atoms with Crippen molar-refractivity contribution in [2.75, 3.05) is 13.1 Å². The molecule has 1 saturated heterocycles. The number of hydrogen-bond acceptors (Lipinski definition) is 3. The lowest BCUT2D eigenvalue weighted by molar-refractivity contribution is -0.145. The number of piperidine rings is 1. The molecule has 0 aromatic rings. The highest BCUT2D eigenvalue weighted by molar-refractivity contribution is 5.79. The van der Waals surface area contributed by atoms with Crippen molar-refractivity contribution < 1.29 is 14.7 Å². The summed E-state index contributed by atoms with van der Waals surface area (Å²) in [4.78, 5) is 25.4. The lowest BCUT2D eigenvalue weighted by atomic mass is 9.95. The monoisotopic (exact) mass is 284 g/mol. The second-order valence-electron chi connectivity index (χ2n) is 5.79. The van der Waals surface area contributed by atoms with Crippen LogP contribution >= 0.6 is 0 Å². The molecular formula is C15H28N2O3. The lowest BCUT2D eigenvalue weighted by Crippen LogP contribution is -2.50. The molecule has 2 N–H and O–H groups in total. The van der Waals surface area contributed by atoms with E-state index in [0.29, 0.717) is 13.0 Å². The molecule has 1 heterocycles. The molecule has 20 heavy (non-hydrogen) atoms. The number of aliphatic carboxylic acids is 1. The van der Waals surface area contributed by atoms with Gasteiger partial charge in [0.1, 0.15) is 6.04 Å². The van der Waals surface area contributed by atoms with Crippen molar-refractivity contribution >= 4 is 11.9 Å². The summed E-state index contributed by atoms with van der Waals surface area (Å²) >= 11 is 0. The minimum atomic E-state index is -0.784. The Bertz CT molecular complexity index is 333. The molecule has 0 bridgehead atoms. The predicted molar refractivity (Wildman–Crippen MR) is 78.5 cm³/mol. The van der Waals surface area contributed by atoms with E-state index in [-0.39, 0.29) is 17.9 Å². The second kappa shape index (κ2) is 8.25. The molecule has 0 saturated carbocycles. The maximum absolute atomic E-state index is 12.2. The maximum atomic E-state index is 12.2. The SMILES string of the molecule is CCCC(C)NC(=O)C1CCCN(C(CC)C(=O)O)C1. The molecule has 5 nitrogen and oxygen atoms in total. The summed E-state index contributed by atoms with van der Waals surface area (Å²) in [5, 5.41) is 12.3. The quantitative estimate of drug-likeness (QED) is 0.749. The van der Waals surface area contributed by atoms with E-state index < -0.39 is 12.0 Å². The third-order valence-electron chi connectivity index (χ3n) is 4.05. The van der Waals surface area contributed by atoms with Crippen LogP contribution < -0.4 is 5.32 Å². The Balaban J connectivity index is 2.55. The zero-order valence-electron chi connectivity index (χ0n) is 12.9. The highest BCUT2D eigenvalue weighted by atomic mass is 16.4. The van der Waals surface area contributed by atoms with E-state index in [4.69, 9.17) is 0 Å². The van der Waals surface area contributed by atoms with Crippen LogP contribution in [0.5, 0.6) is 0 Å². The van der Waals surface area contributed by atoms with Crippen LogP contribution in [0.4, 0.5) is 0 Å². The van der Waals surface area contributed by atoms with Gasteiger partial charge in [0.05, 0.1) is 5.92 Å². The van der Waals surface area contributed by atoms with E-state index in [9.17, 15) is 14.7 Å². The summed E-state index contributed by atoms with van der Waals surface area (Å²) in [6, 6.07) is -0.261. The number of amides is 1. The van der Waals surface area contributed by atoms with Gasteiger partial charge in [-0.3, -0.25) is 14.5 Å². The molecule has 3 unspecified atom stereocenters. The third kappa shape index (κ3) is 4.78. The number of hydrogen-bond donors (Lipinski definition) is 2. The smallest absolute Gasteiger partial charge is 0.320 e. The summed E-state index contributed by atoms with van der Waals surface area (Å²) in [5.41, 5.74) is 0. The van der Waals surface area contributed by atoms with Crippen molar-refractivity contribution in [3.63, 3.8) is 0 Å². The third-order valence-corrected chi connectivity index (χ3v) is 4.05. The van der Waals surface area contributed by atoms with Crippen molar-refractivity contribution in [2.24, 2.45) is 5.92 Å².